The van der Waals surface area contributed by atoms with E-state index in [1.807, 2.05) is 29.1 Å². The summed E-state index contributed by atoms with van der Waals surface area (Å²) in [5.41, 5.74) is 6.38. The molecule has 0 atom stereocenters. The molecule has 1 fully saturated rings. The maximum atomic E-state index is 10.5. The Labute approximate surface area is 161 Å². The summed E-state index contributed by atoms with van der Waals surface area (Å²) in [6, 6.07) is 3.99. The molecule has 0 saturated heterocycles. The average molecular weight is 390 g/mol. The first-order chi connectivity index (χ1) is 12.1. The van der Waals surface area contributed by atoms with Crippen LogP contribution in [0.3, 0.4) is 0 Å². The predicted octanol–water partition coefficient (Wildman–Crippen LogP) is 3.14. The van der Waals surface area contributed by atoms with Gasteiger partial charge < -0.3 is 15.4 Å². The number of hydrogen-bond donors (Lipinski definition) is 2. The maximum Gasteiger partial charge on any atom is 0.209 e. The molecule has 0 spiro atoms. The van der Waals surface area contributed by atoms with Gasteiger partial charge in [0.2, 0.25) is 5.82 Å². The van der Waals surface area contributed by atoms with Crippen LogP contribution in [-0.2, 0) is 7.05 Å². The van der Waals surface area contributed by atoms with Crippen molar-refractivity contribution in [3.05, 3.63) is 23.3 Å². The molecular weight excluding hydrogens is 370 g/mol. The van der Waals surface area contributed by atoms with E-state index in [0.717, 1.165) is 30.0 Å². The number of rotatable bonds is 1. The van der Waals surface area contributed by atoms with E-state index >= 15 is 0 Å². The van der Waals surface area contributed by atoms with Crippen molar-refractivity contribution in [3.63, 3.8) is 0 Å². The molecule has 0 unspecified atom stereocenters. The minimum atomic E-state index is -0.931. The van der Waals surface area contributed by atoms with Crippen LogP contribution in [0.4, 0.5) is 5.82 Å². The molecule has 0 bridgehead atoms. The normalized spacial score (nSPS) is 15.9. The minimum Gasteiger partial charge on any atom is -0.382 e. The van der Waals surface area contributed by atoms with Crippen LogP contribution in [-0.4, -0.2) is 30.2 Å². The van der Waals surface area contributed by atoms with E-state index in [1.54, 1.807) is 11.3 Å². The fraction of sp³-hybridized carbons (Fsp3) is 0.389. The van der Waals surface area contributed by atoms with Gasteiger partial charge in [-0.15, -0.1) is 23.7 Å². The van der Waals surface area contributed by atoms with Crippen LogP contribution >= 0.6 is 23.7 Å². The molecule has 8 heteroatoms. The van der Waals surface area contributed by atoms with Crippen LogP contribution in [0.15, 0.2) is 17.5 Å². The average Bonchev–Trinajstić information content (AvgIpc) is 3.23. The number of aromatic nitrogens is 4. The van der Waals surface area contributed by atoms with Crippen LogP contribution in [0.1, 0.15) is 37.9 Å². The molecule has 4 rings (SSSR count). The number of fused-ring (bicyclic) bond motifs is 1. The second kappa shape index (κ2) is 7.23. The van der Waals surface area contributed by atoms with Gasteiger partial charge in [-0.25, -0.2) is 15.0 Å². The molecule has 3 aromatic heterocycles. The van der Waals surface area contributed by atoms with Gasteiger partial charge in [0, 0.05) is 7.05 Å². The Morgan fingerprint density at radius 1 is 1.23 bits per heavy atom. The lowest BCUT2D eigenvalue weighted by Gasteiger charge is -2.26. The number of anilines is 1. The van der Waals surface area contributed by atoms with E-state index < -0.39 is 5.60 Å². The van der Waals surface area contributed by atoms with E-state index in [9.17, 15) is 5.11 Å². The van der Waals surface area contributed by atoms with Gasteiger partial charge in [-0.3, -0.25) is 0 Å². The van der Waals surface area contributed by atoms with E-state index in [1.165, 1.54) is 0 Å². The van der Waals surface area contributed by atoms with Crippen molar-refractivity contribution in [3.8, 4) is 22.5 Å². The molecule has 1 aliphatic carbocycles. The van der Waals surface area contributed by atoms with Crippen LogP contribution in [0.25, 0.3) is 21.9 Å². The number of halogens is 1. The summed E-state index contributed by atoms with van der Waals surface area (Å²) in [7, 11) is 1.91. The third-order valence-corrected chi connectivity index (χ3v) is 5.44. The van der Waals surface area contributed by atoms with E-state index in [4.69, 9.17) is 5.73 Å². The molecule has 0 aromatic carbocycles. The van der Waals surface area contributed by atoms with Gasteiger partial charge in [0.05, 0.1) is 4.88 Å². The fourth-order valence-electron chi connectivity index (χ4n) is 3.20. The number of imidazole rings is 1. The molecule has 0 aliphatic heterocycles. The van der Waals surface area contributed by atoms with Crippen molar-refractivity contribution < 1.29 is 5.11 Å². The zero-order valence-corrected chi connectivity index (χ0v) is 16.0. The third kappa shape index (κ3) is 3.40. The number of nitrogens with zero attached hydrogens (tertiary/aromatic N) is 4. The predicted molar refractivity (Wildman–Crippen MR) is 106 cm³/mol. The molecule has 1 aliphatic rings. The topological polar surface area (TPSA) is 89.9 Å². The highest BCUT2D eigenvalue weighted by molar-refractivity contribution is 7.13. The summed E-state index contributed by atoms with van der Waals surface area (Å²) in [4.78, 5) is 14.4. The molecule has 26 heavy (non-hydrogen) atoms. The Kier molecular flexibility index (Phi) is 5.19. The van der Waals surface area contributed by atoms with Gasteiger partial charge in [-0.05, 0) is 43.1 Å². The number of hydrogen-bond acceptors (Lipinski definition) is 6. The smallest absolute Gasteiger partial charge is 0.209 e. The zero-order chi connectivity index (χ0) is 17.4. The van der Waals surface area contributed by atoms with Crippen molar-refractivity contribution in [2.45, 2.75) is 37.7 Å². The van der Waals surface area contributed by atoms with Crippen molar-refractivity contribution in [2.75, 3.05) is 5.73 Å². The van der Waals surface area contributed by atoms with Gasteiger partial charge in [0.15, 0.2) is 22.8 Å². The first-order valence-electron chi connectivity index (χ1n) is 8.35. The lowest BCUT2D eigenvalue weighted by molar-refractivity contribution is 0.0610. The molecule has 3 aromatic rings. The summed E-state index contributed by atoms with van der Waals surface area (Å²) in [5.74, 6) is 7.32. The van der Waals surface area contributed by atoms with Crippen molar-refractivity contribution in [1.29, 1.82) is 0 Å². The largest absolute Gasteiger partial charge is 0.382 e. The molecule has 136 valence electrons. The van der Waals surface area contributed by atoms with E-state index in [-0.39, 0.29) is 12.4 Å². The summed E-state index contributed by atoms with van der Waals surface area (Å²) >= 11 is 1.61. The van der Waals surface area contributed by atoms with E-state index in [2.05, 4.69) is 26.8 Å². The Morgan fingerprint density at radius 2 is 2.00 bits per heavy atom. The minimum absolute atomic E-state index is 0. The Morgan fingerprint density at radius 3 is 2.69 bits per heavy atom. The first-order valence-corrected chi connectivity index (χ1v) is 9.23. The Hall–Kier alpha value is -2.14. The van der Waals surface area contributed by atoms with Crippen molar-refractivity contribution in [1.82, 2.24) is 19.5 Å². The number of nitrogens with two attached hydrogens (primary N) is 1. The van der Waals surface area contributed by atoms with Gasteiger partial charge in [-0.2, -0.15) is 0 Å². The van der Waals surface area contributed by atoms with Crippen LogP contribution in [0.2, 0.25) is 0 Å². The molecule has 6 nitrogen and oxygen atoms in total. The lowest BCUT2D eigenvalue weighted by Crippen LogP contribution is -2.29. The Balaban J connectivity index is 0.00000196. The number of aliphatic hydroxyl groups is 1. The summed E-state index contributed by atoms with van der Waals surface area (Å²) in [6.45, 7) is 0. The highest BCUT2D eigenvalue weighted by atomic mass is 35.5. The van der Waals surface area contributed by atoms with Crippen LogP contribution < -0.4 is 5.73 Å². The maximum absolute atomic E-state index is 10.5. The van der Waals surface area contributed by atoms with Gasteiger partial charge >= 0.3 is 0 Å². The van der Waals surface area contributed by atoms with Gasteiger partial charge in [0.1, 0.15) is 5.60 Å². The molecule has 3 N–H and O–H groups in total. The van der Waals surface area contributed by atoms with Gasteiger partial charge in [0.25, 0.3) is 0 Å². The second-order valence-corrected chi connectivity index (χ2v) is 7.37. The third-order valence-electron chi connectivity index (χ3n) is 4.57. The molecular formula is C18H20ClN5OS. The highest BCUT2D eigenvalue weighted by Crippen LogP contribution is 2.29. The molecule has 3 heterocycles. The zero-order valence-electron chi connectivity index (χ0n) is 14.4. The number of aryl methyl sites for hydroxylation is 1. The molecule has 0 radical (unpaired) electrons. The lowest BCUT2D eigenvalue weighted by atomic mass is 9.85. The summed E-state index contributed by atoms with van der Waals surface area (Å²) in [5, 5.41) is 12.5. The second-order valence-electron chi connectivity index (χ2n) is 6.42. The monoisotopic (exact) mass is 389 g/mol. The summed E-state index contributed by atoms with van der Waals surface area (Å²) < 4.78 is 1.90. The Bertz CT molecular complexity index is 981. The first kappa shape index (κ1) is 18.6. The fourth-order valence-corrected chi connectivity index (χ4v) is 3.95. The van der Waals surface area contributed by atoms with Crippen molar-refractivity contribution in [2.24, 2.45) is 7.05 Å². The summed E-state index contributed by atoms with van der Waals surface area (Å²) in [6.07, 6.45) is 4.55. The van der Waals surface area contributed by atoms with E-state index in [0.29, 0.717) is 35.6 Å². The van der Waals surface area contributed by atoms with Crippen LogP contribution in [0, 0.1) is 11.8 Å². The SMILES string of the molecule is Cl.Cn1c(-c2cccs2)nc2c(N)nc(C#CC3(O)CCCCC3)nc21. The standard InChI is InChI=1S/C18H19N5OS.ClH/c1-23-16(12-6-5-11-25-12)22-14-15(19)20-13(21-17(14)23)7-10-18(24)8-3-2-4-9-18;/h5-6,11,24H,2-4,8-9H2,1H3,(H2,19,20,21);1H. The van der Waals surface area contributed by atoms with Gasteiger partial charge in [-0.1, -0.05) is 18.4 Å². The number of thiophene rings is 1. The van der Waals surface area contributed by atoms with Crippen molar-refractivity contribution >= 4 is 40.7 Å². The quantitative estimate of drug-likeness (QED) is 0.624. The number of nitrogen functional groups attached to an aromatic ring is 1. The van der Waals surface area contributed by atoms with Crippen LogP contribution in [0.5, 0.6) is 0 Å². The molecule has 1 saturated carbocycles. The highest BCUT2D eigenvalue weighted by Gasteiger charge is 2.26. The molecule has 0 amide bonds.